The van der Waals surface area contributed by atoms with E-state index in [2.05, 4.69) is 20.7 Å². The lowest BCUT2D eigenvalue weighted by atomic mass is 10.1. The molecule has 3 heterocycles. The number of halogens is 2. The summed E-state index contributed by atoms with van der Waals surface area (Å²) in [6.45, 7) is -0.670. The maximum Gasteiger partial charge on any atom is 0.258 e. The number of carbonyl (C=O) groups is 2. The number of likely N-dealkylation sites (tertiary alicyclic amines) is 1. The van der Waals surface area contributed by atoms with Crippen molar-refractivity contribution in [1.29, 1.82) is 0 Å². The Morgan fingerprint density at radius 2 is 2.09 bits per heavy atom. The molecule has 2 aliphatic rings. The molecule has 1 aliphatic carbocycles. The first-order valence-corrected chi connectivity index (χ1v) is 10.3. The van der Waals surface area contributed by atoms with Crippen LogP contribution in [0, 0.1) is 5.82 Å². The molecule has 0 atom stereocenters. The maximum absolute atomic E-state index is 14.2. The molecule has 0 unspecified atom stereocenters. The molecule has 9 nitrogen and oxygen atoms in total. The molecule has 164 valence electrons. The number of benzene rings is 1. The first-order valence-electron chi connectivity index (χ1n) is 9.96. The molecule has 1 saturated carbocycles. The van der Waals surface area contributed by atoms with E-state index in [1.807, 2.05) is 0 Å². The molecule has 2 aromatic heterocycles. The van der Waals surface area contributed by atoms with Crippen LogP contribution in [-0.4, -0.2) is 49.2 Å². The van der Waals surface area contributed by atoms with E-state index in [1.54, 1.807) is 10.6 Å². The summed E-state index contributed by atoms with van der Waals surface area (Å²) in [4.78, 5) is 29.6. The maximum atomic E-state index is 14.2. The second kappa shape index (κ2) is 7.88. The SMILES string of the molecule is O=C1CC(=Cc2cnn3c(NC4CC4)cc(Nc4cc(Cl)ccc4F)nc23)C(=O)N1CO. The molecule has 0 bridgehead atoms. The second-order valence-electron chi connectivity index (χ2n) is 7.64. The van der Waals surface area contributed by atoms with Crippen molar-refractivity contribution in [3.05, 3.63) is 52.4 Å². The lowest BCUT2D eigenvalue weighted by Gasteiger charge is -2.12. The van der Waals surface area contributed by atoms with Crippen molar-refractivity contribution in [2.45, 2.75) is 25.3 Å². The smallest absolute Gasteiger partial charge is 0.258 e. The molecule has 3 N–H and O–H groups in total. The summed E-state index contributed by atoms with van der Waals surface area (Å²) in [5.41, 5.74) is 1.32. The number of aliphatic hydroxyl groups excluding tert-OH is 1. The molecule has 11 heteroatoms. The van der Waals surface area contributed by atoms with Crippen LogP contribution in [0.1, 0.15) is 24.8 Å². The third-order valence-corrected chi connectivity index (χ3v) is 5.49. The van der Waals surface area contributed by atoms with Crippen LogP contribution in [0.15, 0.2) is 36.0 Å². The molecule has 3 aromatic rings. The van der Waals surface area contributed by atoms with Gasteiger partial charge in [-0.05, 0) is 37.1 Å². The van der Waals surface area contributed by atoms with Crippen molar-refractivity contribution < 1.29 is 19.1 Å². The fraction of sp³-hybridized carbons (Fsp3) is 0.238. The molecule has 2 fully saturated rings. The van der Waals surface area contributed by atoms with Crippen molar-refractivity contribution in [2.75, 3.05) is 17.4 Å². The number of rotatable bonds is 6. The fourth-order valence-electron chi connectivity index (χ4n) is 3.48. The Morgan fingerprint density at radius 3 is 2.81 bits per heavy atom. The predicted octanol–water partition coefficient (Wildman–Crippen LogP) is 2.93. The average molecular weight is 457 g/mol. The van der Waals surface area contributed by atoms with Gasteiger partial charge in [-0.25, -0.2) is 9.37 Å². The first kappa shape index (κ1) is 20.4. The van der Waals surface area contributed by atoms with E-state index < -0.39 is 24.4 Å². The van der Waals surface area contributed by atoms with Crippen molar-refractivity contribution in [3.63, 3.8) is 0 Å². The lowest BCUT2D eigenvalue weighted by molar-refractivity contribution is -0.141. The van der Waals surface area contributed by atoms with Gasteiger partial charge in [-0.3, -0.25) is 14.5 Å². The first-order chi connectivity index (χ1) is 15.4. The quantitative estimate of drug-likeness (QED) is 0.386. The minimum absolute atomic E-state index is 0.115. The number of nitrogens with zero attached hydrogens (tertiary/aromatic N) is 4. The van der Waals surface area contributed by atoms with Gasteiger partial charge in [-0.1, -0.05) is 11.6 Å². The zero-order chi connectivity index (χ0) is 22.4. The van der Waals surface area contributed by atoms with Gasteiger partial charge in [0.15, 0.2) is 5.65 Å². The molecule has 1 aliphatic heterocycles. The van der Waals surface area contributed by atoms with Gasteiger partial charge < -0.3 is 15.7 Å². The summed E-state index contributed by atoms with van der Waals surface area (Å²) in [5.74, 6) is -0.500. The highest BCUT2D eigenvalue weighted by atomic mass is 35.5. The summed E-state index contributed by atoms with van der Waals surface area (Å²) < 4.78 is 15.8. The largest absolute Gasteiger partial charge is 0.376 e. The summed E-state index contributed by atoms with van der Waals surface area (Å²) in [7, 11) is 0. The predicted molar refractivity (Wildman–Crippen MR) is 116 cm³/mol. The molecule has 1 aromatic carbocycles. The van der Waals surface area contributed by atoms with Crippen LogP contribution in [0.3, 0.4) is 0 Å². The molecule has 32 heavy (non-hydrogen) atoms. The standard InChI is InChI=1S/C21H18ClFN6O3/c22-13-1-4-15(23)16(7-13)26-17-8-18(25-14-2-3-14)29-20(27-17)12(9-24-29)5-11-6-19(31)28(10-30)21(11)32/h1,4-5,7-9,14,25,30H,2-3,6,10H2,(H,26,27). The van der Waals surface area contributed by atoms with Crippen LogP contribution < -0.4 is 10.6 Å². The Kier molecular flexibility index (Phi) is 5.03. The molecule has 5 rings (SSSR count). The molecule has 0 radical (unpaired) electrons. The number of imide groups is 1. The normalized spacial score (nSPS) is 17.6. The van der Waals surface area contributed by atoms with Crippen molar-refractivity contribution in [2.24, 2.45) is 0 Å². The number of fused-ring (bicyclic) bond motifs is 1. The molecule has 0 spiro atoms. The number of nitrogens with one attached hydrogen (secondary N) is 2. The molecule has 1 saturated heterocycles. The van der Waals surface area contributed by atoms with Gasteiger partial charge in [-0.2, -0.15) is 9.61 Å². The number of hydrogen-bond acceptors (Lipinski definition) is 7. The van der Waals surface area contributed by atoms with E-state index in [1.165, 1.54) is 30.5 Å². The van der Waals surface area contributed by atoms with Gasteiger partial charge >= 0.3 is 0 Å². The zero-order valence-electron chi connectivity index (χ0n) is 16.7. The van der Waals surface area contributed by atoms with Gasteiger partial charge in [0.1, 0.15) is 24.2 Å². The Labute approximate surface area is 186 Å². The number of aromatic nitrogens is 3. The monoisotopic (exact) mass is 456 g/mol. The van der Waals surface area contributed by atoms with Crippen molar-refractivity contribution in [3.8, 4) is 0 Å². The summed E-state index contributed by atoms with van der Waals surface area (Å²) in [5, 5.41) is 20.3. The minimum atomic E-state index is -0.670. The molecular weight excluding hydrogens is 439 g/mol. The van der Waals surface area contributed by atoms with Gasteiger partial charge in [0, 0.05) is 28.3 Å². The number of carbonyl (C=O) groups excluding carboxylic acids is 2. The van der Waals surface area contributed by atoms with E-state index in [-0.39, 0.29) is 17.7 Å². The highest BCUT2D eigenvalue weighted by molar-refractivity contribution is 6.30. The molecular formula is C21H18ClFN6O3. The lowest BCUT2D eigenvalue weighted by Crippen LogP contribution is -2.29. The Balaban J connectivity index is 1.57. The highest BCUT2D eigenvalue weighted by Gasteiger charge is 2.33. The highest BCUT2D eigenvalue weighted by Crippen LogP contribution is 2.30. The summed E-state index contributed by atoms with van der Waals surface area (Å²) in [6, 6.07) is 6.21. The van der Waals surface area contributed by atoms with Gasteiger partial charge in [0.05, 0.1) is 18.3 Å². The van der Waals surface area contributed by atoms with E-state index >= 15 is 0 Å². The summed E-state index contributed by atoms with van der Waals surface area (Å²) >= 11 is 6.00. The number of aliphatic hydroxyl groups is 1. The van der Waals surface area contributed by atoms with Crippen LogP contribution >= 0.6 is 11.6 Å². The van der Waals surface area contributed by atoms with E-state index in [0.29, 0.717) is 33.9 Å². The number of hydrogen-bond donors (Lipinski definition) is 3. The van der Waals surface area contributed by atoms with Crippen molar-refractivity contribution >= 4 is 52.5 Å². The summed E-state index contributed by atoms with van der Waals surface area (Å²) in [6.07, 6.45) is 5.02. The van der Waals surface area contributed by atoms with Gasteiger partial charge in [-0.15, -0.1) is 0 Å². The number of amides is 2. The average Bonchev–Trinajstić information content (AvgIpc) is 3.42. The third-order valence-electron chi connectivity index (χ3n) is 5.25. The van der Waals surface area contributed by atoms with Crippen LogP contribution in [0.5, 0.6) is 0 Å². The topological polar surface area (TPSA) is 112 Å². The minimum Gasteiger partial charge on any atom is -0.376 e. The number of anilines is 3. The van der Waals surface area contributed by atoms with Gasteiger partial charge in [0.2, 0.25) is 5.91 Å². The Bertz CT molecular complexity index is 1290. The fourth-order valence-corrected chi connectivity index (χ4v) is 3.65. The third kappa shape index (κ3) is 3.78. The van der Waals surface area contributed by atoms with Crippen molar-refractivity contribution in [1.82, 2.24) is 19.5 Å². The van der Waals surface area contributed by atoms with E-state index in [9.17, 15) is 19.1 Å². The molecule has 2 amide bonds. The van der Waals surface area contributed by atoms with E-state index in [4.69, 9.17) is 11.6 Å². The Hall–Kier alpha value is -3.50. The second-order valence-corrected chi connectivity index (χ2v) is 8.08. The van der Waals surface area contributed by atoms with Gasteiger partial charge in [0.25, 0.3) is 5.91 Å². The van der Waals surface area contributed by atoms with E-state index in [0.717, 1.165) is 17.7 Å². The van der Waals surface area contributed by atoms with Crippen LogP contribution in [-0.2, 0) is 9.59 Å². The van der Waals surface area contributed by atoms with Crippen LogP contribution in [0.25, 0.3) is 11.7 Å². The van der Waals surface area contributed by atoms with Crippen LogP contribution in [0.4, 0.5) is 21.7 Å². The zero-order valence-corrected chi connectivity index (χ0v) is 17.4. The Morgan fingerprint density at radius 1 is 1.28 bits per heavy atom. The van der Waals surface area contributed by atoms with Crippen LogP contribution in [0.2, 0.25) is 5.02 Å².